The Morgan fingerprint density at radius 2 is 2.20 bits per heavy atom. The number of sulfone groups is 1. The second-order valence-electron chi connectivity index (χ2n) is 2.95. The highest BCUT2D eigenvalue weighted by molar-refractivity contribution is 7.95. The average Bonchev–Trinajstić information content (AvgIpc) is 2.12. The van der Waals surface area contributed by atoms with E-state index in [1.165, 1.54) is 18.2 Å². The van der Waals surface area contributed by atoms with Crippen molar-refractivity contribution in [2.75, 3.05) is 6.26 Å². The van der Waals surface area contributed by atoms with E-state index < -0.39 is 15.7 Å². The van der Waals surface area contributed by atoms with Gasteiger partial charge >= 0.3 is 0 Å². The summed E-state index contributed by atoms with van der Waals surface area (Å²) in [4.78, 5) is -0.381. The summed E-state index contributed by atoms with van der Waals surface area (Å²) in [5.74, 6) is -0.477. The van der Waals surface area contributed by atoms with Crippen LogP contribution in [0.1, 0.15) is 5.56 Å². The number of nitrogens with zero attached hydrogens (tertiary/aromatic N) is 1. The summed E-state index contributed by atoms with van der Waals surface area (Å²) in [6.07, 6.45) is 2.07. The quantitative estimate of drug-likeness (QED) is 0.720. The lowest BCUT2D eigenvalue weighted by Gasteiger charge is -1.96. The van der Waals surface area contributed by atoms with Gasteiger partial charge in [-0.1, -0.05) is 12.1 Å². The molecule has 0 aliphatic heterocycles. The van der Waals surface area contributed by atoms with Crippen molar-refractivity contribution >= 4 is 15.9 Å². The highest BCUT2D eigenvalue weighted by Gasteiger charge is 2.10. The molecule has 15 heavy (non-hydrogen) atoms. The Hall–Kier alpha value is -1.67. The molecule has 1 rings (SSSR count). The second kappa shape index (κ2) is 4.24. The first-order valence-electron chi connectivity index (χ1n) is 4.01. The zero-order valence-electron chi connectivity index (χ0n) is 7.94. The Kier molecular flexibility index (Phi) is 3.22. The minimum atomic E-state index is -3.55. The van der Waals surface area contributed by atoms with Crippen LogP contribution in [0.25, 0.3) is 6.08 Å². The molecular formula is C10H8FNO2S. The fraction of sp³-hybridized carbons (Fsp3) is 0.100. The third-order valence-corrected chi connectivity index (χ3v) is 2.66. The van der Waals surface area contributed by atoms with Gasteiger partial charge in [0, 0.05) is 6.26 Å². The highest BCUT2D eigenvalue weighted by atomic mass is 32.2. The van der Waals surface area contributed by atoms with E-state index in [1.807, 2.05) is 0 Å². The largest absolute Gasteiger partial charge is 0.223 e. The van der Waals surface area contributed by atoms with Crippen LogP contribution in [-0.2, 0) is 9.84 Å². The van der Waals surface area contributed by atoms with Crippen LogP contribution in [0, 0.1) is 17.1 Å². The van der Waals surface area contributed by atoms with Gasteiger partial charge in [0.15, 0.2) is 9.84 Å². The summed E-state index contributed by atoms with van der Waals surface area (Å²) >= 11 is 0. The lowest BCUT2D eigenvalue weighted by molar-refractivity contribution is 0.608. The fourth-order valence-corrected chi connectivity index (χ4v) is 1.49. The van der Waals surface area contributed by atoms with Crippen molar-refractivity contribution in [1.29, 1.82) is 5.26 Å². The van der Waals surface area contributed by atoms with Crippen LogP contribution in [0.2, 0.25) is 0 Å². The van der Waals surface area contributed by atoms with Crippen molar-refractivity contribution in [2.24, 2.45) is 0 Å². The maximum Gasteiger partial charge on any atom is 0.185 e. The molecule has 0 saturated heterocycles. The van der Waals surface area contributed by atoms with Gasteiger partial charge in [-0.2, -0.15) is 5.26 Å². The van der Waals surface area contributed by atoms with Crippen LogP contribution in [0.3, 0.4) is 0 Å². The zero-order valence-corrected chi connectivity index (χ0v) is 8.75. The van der Waals surface area contributed by atoms with Gasteiger partial charge in [0.25, 0.3) is 0 Å². The van der Waals surface area contributed by atoms with E-state index in [0.717, 1.165) is 18.4 Å². The van der Waals surface area contributed by atoms with Crippen LogP contribution in [0.4, 0.5) is 4.39 Å². The van der Waals surface area contributed by atoms with Gasteiger partial charge in [0.2, 0.25) is 0 Å². The fourth-order valence-electron chi connectivity index (χ4n) is 0.970. The van der Waals surface area contributed by atoms with Crippen LogP contribution >= 0.6 is 0 Å². The Bertz CT molecular complexity index is 541. The monoisotopic (exact) mass is 225 g/mol. The van der Waals surface area contributed by atoms with Gasteiger partial charge in [0.05, 0.1) is 0 Å². The summed E-state index contributed by atoms with van der Waals surface area (Å²) in [6.45, 7) is 0. The first kappa shape index (κ1) is 11.4. The van der Waals surface area contributed by atoms with Crippen LogP contribution in [0.5, 0.6) is 0 Å². The molecule has 78 valence electrons. The molecule has 0 unspecified atom stereocenters. The third kappa shape index (κ3) is 3.18. The van der Waals surface area contributed by atoms with E-state index in [9.17, 15) is 12.8 Å². The molecule has 0 heterocycles. The maximum absolute atomic E-state index is 12.8. The normalized spacial score (nSPS) is 12.2. The van der Waals surface area contributed by atoms with Gasteiger partial charge in [-0.15, -0.1) is 0 Å². The van der Waals surface area contributed by atoms with Crippen molar-refractivity contribution in [2.45, 2.75) is 0 Å². The van der Waals surface area contributed by atoms with E-state index >= 15 is 0 Å². The molecule has 0 radical (unpaired) electrons. The van der Waals surface area contributed by atoms with Crippen molar-refractivity contribution in [3.05, 3.63) is 40.6 Å². The molecule has 0 aliphatic rings. The van der Waals surface area contributed by atoms with Crippen LogP contribution in [-0.4, -0.2) is 14.7 Å². The summed E-state index contributed by atoms with van der Waals surface area (Å²) in [6, 6.07) is 6.92. The molecule has 3 nitrogen and oxygen atoms in total. The minimum Gasteiger partial charge on any atom is -0.223 e. The summed E-state index contributed by atoms with van der Waals surface area (Å²) in [5.41, 5.74) is 0.344. The molecule has 0 atom stereocenters. The van der Waals surface area contributed by atoms with E-state index in [2.05, 4.69) is 0 Å². The maximum atomic E-state index is 12.8. The number of halogens is 1. The van der Waals surface area contributed by atoms with Crippen molar-refractivity contribution in [3.63, 3.8) is 0 Å². The molecule has 5 heteroatoms. The van der Waals surface area contributed by atoms with Gasteiger partial charge in [-0.3, -0.25) is 0 Å². The van der Waals surface area contributed by atoms with Gasteiger partial charge < -0.3 is 0 Å². The Morgan fingerprint density at radius 1 is 1.53 bits per heavy atom. The molecule has 1 aromatic carbocycles. The molecule has 0 bridgehead atoms. The predicted molar refractivity (Wildman–Crippen MR) is 54.8 cm³/mol. The van der Waals surface area contributed by atoms with E-state index in [0.29, 0.717) is 5.56 Å². The number of allylic oxidation sites excluding steroid dienone is 1. The Balaban J connectivity index is 3.23. The van der Waals surface area contributed by atoms with Crippen molar-refractivity contribution in [3.8, 4) is 6.07 Å². The molecule has 0 aromatic heterocycles. The smallest absolute Gasteiger partial charge is 0.185 e. The molecule has 0 aliphatic carbocycles. The summed E-state index contributed by atoms with van der Waals surface area (Å²) < 4.78 is 34.9. The van der Waals surface area contributed by atoms with Crippen LogP contribution < -0.4 is 0 Å². The van der Waals surface area contributed by atoms with E-state index in [1.54, 1.807) is 6.07 Å². The van der Waals surface area contributed by atoms with Gasteiger partial charge in [-0.25, -0.2) is 12.8 Å². The topological polar surface area (TPSA) is 57.9 Å². The molecule has 1 aromatic rings. The number of nitriles is 1. The second-order valence-corrected chi connectivity index (χ2v) is 4.93. The molecule has 0 amide bonds. The summed E-state index contributed by atoms with van der Waals surface area (Å²) in [5, 5.41) is 8.60. The predicted octanol–water partition coefficient (Wildman–Crippen LogP) is 1.73. The highest BCUT2D eigenvalue weighted by Crippen LogP contribution is 2.11. The van der Waals surface area contributed by atoms with Gasteiger partial charge in [-0.05, 0) is 23.8 Å². The number of rotatable bonds is 2. The molecule has 0 fully saturated rings. The average molecular weight is 225 g/mol. The molecule has 0 saturated carbocycles. The zero-order chi connectivity index (χ0) is 11.5. The SMILES string of the molecule is CS(=O)(=O)/C(C#N)=C/c1cccc(F)c1. The molecule has 0 spiro atoms. The standard InChI is InChI=1S/C10H8FNO2S/c1-15(13,14)10(7-12)6-8-3-2-4-9(11)5-8/h2-6H,1H3/b10-6+. The Labute approximate surface area is 87.4 Å². The lowest BCUT2D eigenvalue weighted by Crippen LogP contribution is -1.98. The van der Waals surface area contributed by atoms with Crippen molar-refractivity contribution in [1.82, 2.24) is 0 Å². The van der Waals surface area contributed by atoms with E-state index in [-0.39, 0.29) is 4.91 Å². The Morgan fingerprint density at radius 3 is 2.67 bits per heavy atom. The number of hydrogen-bond acceptors (Lipinski definition) is 3. The number of hydrogen-bond donors (Lipinski definition) is 0. The molecule has 0 N–H and O–H groups in total. The van der Waals surface area contributed by atoms with Crippen LogP contribution in [0.15, 0.2) is 29.2 Å². The number of benzene rings is 1. The lowest BCUT2D eigenvalue weighted by atomic mass is 10.2. The first-order valence-corrected chi connectivity index (χ1v) is 5.90. The summed E-state index contributed by atoms with van der Waals surface area (Å²) in [7, 11) is -3.55. The first-order chi connectivity index (χ1) is 6.93. The molecular weight excluding hydrogens is 217 g/mol. The van der Waals surface area contributed by atoms with Gasteiger partial charge in [0.1, 0.15) is 16.8 Å². The van der Waals surface area contributed by atoms with E-state index in [4.69, 9.17) is 5.26 Å². The minimum absolute atomic E-state index is 0.344. The third-order valence-electron chi connectivity index (χ3n) is 1.66. The van der Waals surface area contributed by atoms with Crippen molar-refractivity contribution < 1.29 is 12.8 Å².